The molecule has 0 saturated carbocycles. The number of rotatable bonds is 4. The van der Waals surface area contributed by atoms with E-state index >= 15 is 0 Å². The molecule has 32 heavy (non-hydrogen) atoms. The normalized spacial score (nSPS) is 18.2. The second-order valence-corrected chi connectivity index (χ2v) is 7.88. The predicted molar refractivity (Wildman–Crippen MR) is 115 cm³/mol. The van der Waals surface area contributed by atoms with E-state index in [9.17, 15) is 18.0 Å². The number of carbonyl (C=O) groups is 1. The highest BCUT2D eigenvalue weighted by atomic mass is 19.1. The van der Waals surface area contributed by atoms with Gasteiger partial charge in [0.25, 0.3) is 5.91 Å². The molecule has 1 aliphatic rings. The van der Waals surface area contributed by atoms with Gasteiger partial charge >= 0.3 is 0 Å². The number of aromatic nitrogens is 2. The summed E-state index contributed by atoms with van der Waals surface area (Å²) in [5.74, 6) is -3.08. The minimum Gasteiger partial charge on any atom is -0.324 e. The van der Waals surface area contributed by atoms with Crippen molar-refractivity contribution >= 4 is 11.6 Å². The maximum absolute atomic E-state index is 14.3. The molecule has 0 fully saturated rings. The number of allylic oxidation sites excluding steroid dienone is 1. The maximum atomic E-state index is 14.3. The van der Waals surface area contributed by atoms with Crippen LogP contribution in [0.2, 0.25) is 0 Å². The molecule has 0 aliphatic heterocycles. The lowest BCUT2D eigenvalue weighted by Crippen LogP contribution is -2.25. The second-order valence-electron chi connectivity index (χ2n) is 7.88. The summed E-state index contributed by atoms with van der Waals surface area (Å²) in [4.78, 5) is 21.0. The van der Waals surface area contributed by atoms with Gasteiger partial charge in [-0.2, -0.15) is 0 Å². The standard InChI is InChI=1S/C24H21F3N4O/c1-13-8-14(10-16(28)9-13)17-6-7-29-12-22(17)31-24(32)21-5-4-19(26)23(30-21)18-3-2-15(25)11-20(18)27/h2-7,9,11-12,14,16H,8,10,28H2,1H3,(H,31,32)/t14-,16+/m1/s1. The molecule has 3 N–H and O–H groups in total. The topological polar surface area (TPSA) is 80.9 Å². The van der Waals surface area contributed by atoms with Gasteiger partial charge in [-0.15, -0.1) is 0 Å². The van der Waals surface area contributed by atoms with Crippen LogP contribution < -0.4 is 11.1 Å². The zero-order valence-electron chi connectivity index (χ0n) is 17.3. The monoisotopic (exact) mass is 438 g/mol. The lowest BCUT2D eigenvalue weighted by atomic mass is 9.82. The number of nitrogens with two attached hydrogens (primary N) is 1. The Morgan fingerprint density at radius 3 is 2.69 bits per heavy atom. The van der Waals surface area contributed by atoms with E-state index in [1.54, 1.807) is 6.20 Å². The average molecular weight is 438 g/mol. The first-order valence-corrected chi connectivity index (χ1v) is 10.1. The Balaban J connectivity index is 1.63. The molecule has 3 aromatic rings. The Labute approximate surface area is 183 Å². The molecule has 1 amide bonds. The number of nitrogens with one attached hydrogen (secondary N) is 1. The van der Waals surface area contributed by atoms with Gasteiger partial charge in [0.2, 0.25) is 0 Å². The first-order chi connectivity index (χ1) is 15.3. The second kappa shape index (κ2) is 8.92. The van der Waals surface area contributed by atoms with Crippen LogP contribution in [0.5, 0.6) is 0 Å². The summed E-state index contributed by atoms with van der Waals surface area (Å²) in [6.45, 7) is 2.02. The number of halogens is 3. The SMILES string of the molecule is CC1=C[C@H](N)C[C@H](c2ccncc2NC(=O)c2ccc(F)c(-c3ccc(F)cc3F)n2)C1. The first kappa shape index (κ1) is 21.7. The molecule has 0 radical (unpaired) electrons. The fourth-order valence-corrected chi connectivity index (χ4v) is 4.03. The van der Waals surface area contributed by atoms with Crippen LogP contribution in [0.25, 0.3) is 11.3 Å². The van der Waals surface area contributed by atoms with Crippen LogP contribution in [0.4, 0.5) is 18.9 Å². The Kier molecular flexibility index (Phi) is 6.05. The highest BCUT2D eigenvalue weighted by Crippen LogP contribution is 2.36. The van der Waals surface area contributed by atoms with Gasteiger partial charge in [-0.25, -0.2) is 18.2 Å². The minimum absolute atomic E-state index is 0.0719. The molecule has 1 aliphatic carbocycles. The van der Waals surface area contributed by atoms with Crippen LogP contribution in [-0.2, 0) is 0 Å². The third-order valence-electron chi connectivity index (χ3n) is 5.43. The zero-order chi connectivity index (χ0) is 22.8. The molecule has 0 saturated heterocycles. The zero-order valence-corrected chi connectivity index (χ0v) is 17.3. The molecule has 164 valence electrons. The first-order valence-electron chi connectivity index (χ1n) is 10.1. The largest absolute Gasteiger partial charge is 0.324 e. The van der Waals surface area contributed by atoms with E-state index in [-0.39, 0.29) is 28.9 Å². The fraction of sp³-hybridized carbons (Fsp3) is 0.208. The van der Waals surface area contributed by atoms with Crippen molar-refractivity contribution in [1.82, 2.24) is 9.97 Å². The van der Waals surface area contributed by atoms with Crippen LogP contribution >= 0.6 is 0 Å². The van der Waals surface area contributed by atoms with Crippen molar-refractivity contribution < 1.29 is 18.0 Å². The summed E-state index contributed by atoms with van der Waals surface area (Å²) in [5.41, 5.74) is 7.97. The van der Waals surface area contributed by atoms with Crippen LogP contribution in [0.15, 0.2) is 60.4 Å². The molecule has 1 aromatic carbocycles. The van der Waals surface area contributed by atoms with E-state index in [0.717, 1.165) is 36.6 Å². The van der Waals surface area contributed by atoms with E-state index in [4.69, 9.17) is 5.73 Å². The highest BCUT2D eigenvalue weighted by Gasteiger charge is 2.24. The molecule has 8 heteroatoms. The number of benzene rings is 1. The van der Waals surface area contributed by atoms with Crippen molar-refractivity contribution in [3.05, 3.63) is 89.2 Å². The summed E-state index contributed by atoms with van der Waals surface area (Å²) in [7, 11) is 0. The van der Waals surface area contributed by atoms with Crippen molar-refractivity contribution in [3.8, 4) is 11.3 Å². The van der Waals surface area contributed by atoms with Crippen molar-refractivity contribution in [2.45, 2.75) is 31.7 Å². The lowest BCUT2D eigenvalue weighted by molar-refractivity contribution is 0.102. The summed E-state index contributed by atoms with van der Waals surface area (Å²) >= 11 is 0. The van der Waals surface area contributed by atoms with E-state index in [2.05, 4.69) is 15.3 Å². The molecule has 2 atom stereocenters. The van der Waals surface area contributed by atoms with E-state index in [0.29, 0.717) is 11.8 Å². The predicted octanol–water partition coefficient (Wildman–Crippen LogP) is 4.96. The maximum Gasteiger partial charge on any atom is 0.274 e. The summed E-state index contributed by atoms with van der Waals surface area (Å²) in [5, 5.41) is 2.78. The molecule has 0 bridgehead atoms. The van der Waals surface area contributed by atoms with Crippen molar-refractivity contribution in [3.63, 3.8) is 0 Å². The molecular weight excluding hydrogens is 417 g/mol. The molecule has 0 unspecified atom stereocenters. The average Bonchev–Trinajstić information content (AvgIpc) is 2.74. The van der Waals surface area contributed by atoms with Gasteiger partial charge in [0, 0.05) is 23.9 Å². The van der Waals surface area contributed by atoms with Crippen LogP contribution in [-0.4, -0.2) is 21.9 Å². The Morgan fingerprint density at radius 1 is 1.12 bits per heavy atom. The molecule has 2 aromatic heterocycles. The highest BCUT2D eigenvalue weighted by molar-refractivity contribution is 6.03. The van der Waals surface area contributed by atoms with E-state index in [1.165, 1.54) is 17.8 Å². The summed E-state index contributed by atoms with van der Waals surface area (Å²) in [6.07, 6.45) is 6.76. The Hall–Kier alpha value is -3.52. The smallest absolute Gasteiger partial charge is 0.274 e. The van der Waals surface area contributed by atoms with E-state index < -0.39 is 23.4 Å². The number of amides is 1. The Bertz CT molecular complexity index is 1210. The number of nitrogens with zero attached hydrogens (tertiary/aromatic N) is 2. The van der Waals surface area contributed by atoms with Crippen molar-refractivity contribution in [2.75, 3.05) is 5.32 Å². The molecular formula is C24H21F3N4O. The summed E-state index contributed by atoms with van der Waals surface area (Å²) in [6, 6.07) is 6.71. The van der Waals surface area contributed by atoms with Gasteiger partial charge in [0.1, 0.15) is 28.8 Å². The fourth-order valence-electron chi connectivity index (χ4n) is 4.03. The van der Waals surface area contributed by atoms with Crippen molar-refractivity contribution in [2.24, 2.45) is 5.73 Å². The lowest BCUT2D eigenvalue weighted by Gasteiger charge is -2.27. The molecule has 0 spiro atoms. The Morgan fingerprint density at radius 2 is 1.94 bits per heavy atom. The van der Waals surface area contributed by atoms with Gasteiger partial charge in [-0.3, -0.25) is 9.78 Å². The third-order valence-corrected chi connectivity index (χ3v) is 5.43. The number of anilines is 1. The number of pyridine rings is 2. The van der Waals surface area contributed by atoms with Crippen LogP contribution in [0, 0.1) is 17.5 Å². The van der Waals surface area contributed by atoms with Gasteiger partial charge in [-0.1, -0.05) is 11.6 Å². The quantitative estimate of drug-likeness (QED) is 0.564. The molecule has 5 nitrogen and oxygen atoms in total. The summed E-state index contributed by atoms with van der Waals surface area (Å²) < 4.78 is 41.7. The van der Waals surface area contributed by atoms with Crippen LogP contribution in [0.3, 0.4) is 0 Å². The number of carbonyl (C=O) groups excluding carboxylic acids is 1. The number of hydrogen-bond acceptors (Lipinski definition) is 4. The van der Waals surface area contributed by atoms with Gasteiger partial charge in [0.05, 0.1) is 11.9 Å². The van der Waals surface area contributed by atoms with Gasteiger partial charge in [-0.05, 0) is 61.6 Å². The molecule has 4 rings (SSSR count). The van der Waals surface area contributed by atoms with Gasteiger partial charge < -0.3 is 11.1 Å². The third kappa shape index (κ3) is 4.55. The van der Waals surface area contributed by atoms with E-state index in [1.807, 2.05) is 19.1 Å². The molecule has 2 heterocycles. The van der Waals surface area contributed by atoms with Crippen LogP contribution in [0.1, 0.15) is 41.7 Å². The van der Waals surface area contributed by atoms with Gasteiger partial charge in [0.15, 0.2) is 0 Å². The number of hydrogen-bond donors (Lipinski definition) is 2. The van der Waals surface area contributed by atoms with Crippen molar-refractivity contribution in [1.29, 1.82) is 0 Å². The minimum atomic E-state index is -0.972.